The molecule has 27 heavy (non-hydrogen) atoms. The van der Waals surface area contributed by atoms with E-state index in [1.54, 1.807) is 0 Å². The summed E-state index contributed by atoms with van der Waals surface area (Å²) in [6, 6.07) is 8.52. The second kappa shape index (κ2) is 8.55. The lowest BCUT2D eigenvalue weighted by Crippen LogP contribution is -2.18. The Morgan fingerprint density at radius 1 is 1.15 bits per heavy atom. The van der Waals surface area contributed by atoms with Gasteiger partial charge in [-0.15, -0.1) is 0 Å². The van der Waals surface area contributed by atoms with Crippen LogP contribution in [0.2, 0.25) is 0 Å². The van der Waals surface area contributed by atoms with Crippen LogP contribution < -0.4 is 0 Å². The molecular formula is C23H29NO3. The molecule has 1 heterocycles. The fourth-order valence-electron chi connectivity index (χ4n) is 3.89. The van der Waals surface area contributed by atoms with Gasteiger partial charge in [0.15, 0.2) is 5.78 Å². The number of carbonyl (C=O) groups is 2. The van der Waals surface area contributed by atoms with Crippen LogP contribution in [-0.4, -0.2) is 23.3 Å². The zero-order chi connectivity index (χ0) is 19.4. The number of nitrogens with one attached hydrogen (secondary N) is 1. The lowest BCUT2D eigenvalue weighted by molar-refractivity contribution is 0.0491. The molecule has 1 atom stereocenters. The minimum absolute atomic E-state index is 0.111. The van der Waals surface area contributed by atoms with Crippen LogP contribution in [0.15, 0.2) is 24.3 Å². The predicted molar refractivity (Wildman–Crippen MR) is 107 cm³/mol. The van der Waals surface area contributed by atoms with Crippen molar-refractivity contribution >= 4 is 11.8 Å². The summed E-state index contributed by atoms with van der Waals surface area (Å²) >= 11 is 0. The predicted octanol–water partition coefficient (Wildman–Crippen LogP) is 5.15. The summed E-state index contributed by atoms with van der Waals surface area (Å²) in [5, 5.41) is 0. The largest absolute Gasteiger partial charge is 0.461 e. The molecule has 1 aromatic heterocycles. The highest BCUT2D eigenvalue weighted by Gasteiger charge is 2.32. The molecule has 1 N–H and O–H groups in total. The monoisotopic (exact) mass is 367 g/mol. The van der Waals surface area contributed by atoms with E-state index in [4.69, 9.17) is 4.74 Å². The minimum atomic E-state index is -0.352. The number of aromatic amines is 1. The standard InChI is InChI=1S/C23H29NO3/c1-4-6-7-12-27-23(26)22-15(3)21-19(24-22)13-18(14-20(21)25)17-10-8-16(5-2)9-11-17/h8-11,18,24H,4-7,12-14H2,1-3H3. The average Bonchev–Trinajstić information content (AvgIpc) is 3.02. The van der Waals surface area contributed by atoms with Crippen molar-refractivity contribution in [1.29, 1.82) is 0 Å². The molecule has 4 heteroatoms. The van der Waals surface area contributed by atoms with Crippen molar-refractivity contribution in [2.75, 3.05) is 6.61 Å². The summed E-state index contributed by atoms with van der Waals surface area (Å²) in [6.45, 7) is 6.52. The van der Waals surface area contributed by atoms with Gasteiger partial charge in [-0.25, -0.2) is 4.79 Å². The van der Waals surface area contributed by atoms with Crippen molar-refractivity contribution in [2.45, 2.75) is 65.2 Å². The van der Waals surface area contributed by atoms with Crippen LogP contribution in [0.1, 0.15) is 88.7 Å². The van der Waals surface area contributed by atoms with Gasteiger partial charge in [0, 0.05) is 17.7 Å². The first-order valence-corrected chi connectivity index (χ1v) is 10.1. The van der Waals surface area contributed by atoms with Crippen molar-refractivity contribution in [3.63, 3.8) is 0 Å². The van der Waals surface area contributed by atoms with E-state index in [9.17, 15) is 9.59 Å². The number of H-pyrrole nitrogens is 1. The van der Waals surface area contributed by atoms with E-state index >= 15 is 0 Å². The molecule has 0 saturated heterocycles. The number of benzene rings is 1. The topological polar surface area (TPSA) is 59.2 Å². The Morgan fingerprint density at radius 2 is 1.89 bits per heavy atom. The van der Waals surface area contributed by atoms with E-state index in [-0.39, 0.29) is 17.7 Å². The van der Waals surface area contributed by atoms with Crippen LogP contribution >= 0.6 is 0 Å². The fraction of sp³-hybridized carbons (Fsp3) is 0.478. The average molecular weight is 367 g/mol. The number of rotatable bonds is 7. The number of carbonyl (C=O) groups excluding carboxylic acids is 2. The van der Waals surface area contributed by atoms with Crippen molar-refractivity contribution in [2.24, 2.45) is 0 Å². The molecule has 0 radical (unpaired) electrons. The van der Waals surface area contributed by atoms with Gasteiger partial charge in [0.2, 0.25) is 0 Å². The van der Waals surface area contributed by atoms with E-state index < -0.39 is 0 Å². The van der Waals surface area contributed by atoms with Gasteiger partial charge in [-0.1, -0.05) is 51.0 Å². The van der Waals surface area contributed by atoms with Gasteiger partial charge in [0.1, 0.15) is 5.69 Å². The van der Waals surface area contributed by atoms with Crippen LogP contribution in [0.4, 0.5) is 0 Å². The summed E-state index contributed by atoms with van der Waals surface area (Å²) in [6.07, 6.45) is 5.25. The van der Waals surface area contributed by atoms with E-state index in [0.717, 1.165) is 43.4 Å². The Balaban J connectivity index is 1.77. The highest BCUT2D eigenvalue weighted by atomic mass is 16.5. The molecule has 0 spiro atoms. The summed E-state index contributed by atoms with van der Waals surface area (Å²) in [5.74, 6) is -0.0865. The molecule has 0 bridgehead atoms. The number of hydrogen-bond acceptors (Lipinski definition) is 3. The number of aryl methyl sites for hydroxylation is 1. The maximum absolute atomic E-state index is 12.8. The Kier molecular flexibility index (Phi) is 6.15. The summed E-state index contributed by atoms with van der Waals surface area (Å²) in [7, 11) is 0. The van der Waals surface area contributed by atoms with Gasteiger partial charge in [-0.2, -0.15) is 0 Å². The normalized spacial score (nSPS) is 16.3. The quantitative estimate of drug-likeness (QED) is 0.544. The summed E-state index contributed by atoms with van der Waals surface area (Å²) < 4.78 is 5.38. The third-order valence-electron chi connectivity index (χ3n) is 5.53. The lowest BCUT2D eigenvalue weighted by Gasteiger charge is -2.22. The van der Waals surface area contributed by atoms with Gasteiger partial charge in [0.25, 0.3) is 0 Å². The molecule has 1 aliphatic carbocycles. The smallest absolute Gasteiger partial charge is 0.355 e. The number of ketones is 1. The van der Waals surface area contributed by atoms with Gasteiger partial charge >= 0.3 is 5.97 Å². The van der Waals surface area contributed by atoms with Crippen LogP contribution in [-0.2, 0) is 17.6 Å². The van der Waals surface area contributed by atoms with E-state index in [1.165, 1.54) is 11.1 Å². The van der Waals surface area contributed by atoms with Crippen molar-refractivity contribution in [3.05, 3.63) is 57.9 Å². The van der Waals surface area contributed by atoms with Crippen LogP contribution in [0.5, 0.6) is 0 Å². The van der Waals surface area contributed by atoms with Gasteiger partial charge in [0.05, 0.1) is 6.61 Å². The van der Waals surface area contributed by atoms with E-state index in [0.29, 0.717) is 24.3 Å². The van der Waals surface area contributed by atoms with E-state index in [2.05, 4.69) is 43.1 Å². The maximum atomic E-state index is 12.8. The summed E-state index contributed by atoms with van der Waals surface area (Å²) in [4.78, 5) is 28.4. The number of Topliss-reactive ketones (excluding diaryl/α,β-unsaturated/α-hetero) is 1. The Bertz CT molecular complexity index is 817. The minimum Gasteiger partial charge on any atom is -0.461 e. The van der Waals surface area contributed by atoms with Crippen molar-refractivity contribution < 1.29 is 14.3 Å². The van der Waals surface area contributed by atoms with Crippen LogP contribution in [0.3, 0.4) is 0 Å². The molecule has 2 aromatic rings. The third-order valence-corrected chi connectivity index (χ3v) is 5.53. The molecular weight excluding hydrogens is 338 g/mol. The molecule has 0 amide bonds. The summed E-state index contributed by atoms with van der Waals surface area (Å²) in [5.41, 5.74) is 5.21. The molecule has 144 valence electrons. The zero-order valence-corrected chi connectivity index (χ0v) is 16.6. The first-order valence-electron chi connectivity index (χ1n) is 10.1. The molecule has 0 aliphatic heterocycles. The number of ether oxygens (including phenoxy) is 1. The Morgan fingerprint density at radius 3 is 2.56 bits per heavy atom. The molecule has 0 saturated carbocycles. The highest BCUT2D eigenvalue weighted by molar-refractivity contribution is 6.03. The maximum Gasteiger partial charge on any atom is 0.355 e. The number of aromatic nitrogens is 1. The SMILES string of the molecule is CCCCCOC(=O)c1[nH]c2c(c1C)C(=O)CC(c1ccc(CC)cc1)C2. The Labute approximate surface area is 161 Å². The van der Waals surface area contributed by atoms with Gasteiger partial charge in [-0.3, -0.25) is 4.79 Å². The molecule has 0 fully saturated rings. The second-order valence-corrected chi connectivity index (χ2v) is 7.45. The van der Waals surface area contributed by atoms with Crippen LogP contribution in [0, 0.1) is 6.92 Å². The lowest BCUT2D eigenvalue weighted by atomic mass is 9.81. The van der Waals surface area contributed by atoms with Gasteiger partial charge in [-0.05, 0) is 48.8 Å². The molecule has 1 unspecified atom stereocenters. The van der Waals surface area contributed by atoms with E-state index in [1.807, 2.05) is 6.92 Å². The van der Waals surface area contributed by atoms with Crippen molar-refractivity contribution in [1.82, 2.24) is 4.98 Å². The third kappa shape index (κ3) is 4.15. The Hall–Kier alpha value is -2.36. The molecule has 3 rings (SSSR count). The highest BCUT2D eigenvalue weighted by Crippen LogP contribution is 2.35. The molecule has 1 aliphatic rings. The number of unbranched alkanes of at least 4 members (excludes halogenated alkanes) is 2. The fourth-order valence-corrected chi connectivity index (χ4v) is 3.89. The van der Waals surface area contributed by atoms with Gasteiger partial charge < -0.3 is 9.72 Å². The number of hydrogen-bond donors (Lipinski definition) is 1. The van der Waals surface area contributed by atoms with Crippen LogP contribution in [0.25, 0.3) is 0 Å². The number of esters is 1. The zero-order valence-electron chi connectivity index (χ0n) is 16.6. The van der Waals surface area contributed by atoms with Crippen molar-refractivity contribution in [3.8, 4) is 0 Å². The second-order valence-electron chi connectivity index (χ2n) is 7.45. The first-order chi connectivity index (χ1) is 13.0. The first kappa shape index (κ1) is 19.4. The number of fused-ring (bicyclic) bond motifs is 1. The molecule has 1 aromatic carbocycles. The molecule has 4 nitrogen and oxygen atoms in total.